The molecule has 0 spiro atoms. The smallest absolute Gasteiger partial charge is 0.196 e. The van der Waals surface area contributed by atoms with Gasteiger partial charge in [0.1, 0.15) is 0 Å². The molecule has 8 heteroatoms. The molecule has 1 unspecified atom stereocenters. The molecule has 0 bridgehead atoms. The van der Waals surface area contributed by atoms with E-state index in [1.807, 2.05) is 0 Å². The van der Waals surface area contributed by atoms with Gasteiger partial charge in [0, 0.05) is 0 Å². The van der Waals surface area contributed by atoms with E-state index in [0.29, 0.717) is 5.82 Å². The van der Waals surface area contributed by atoms with Crippen molar-refractivity contribution in [3.63, 3.8) is 0 Å². The van der Waals surface area contributed by atoms with Crippen LogP contribution in [0.15, 0.2) is 18.2 Å². The van der Waals surface area contributed by atoms with Gasteiger partial charge in [-0.05, 0) is 42.0 Å². The molecule has 0 radical (unpaired) electrons. The minimum atomic E-state index is -4.42. The number of alkyl halides is 4. The van der Waals surface area contributed by atoms with Crippen molar-refractivity contribution < 1.29 is 13.2 Å². The molecule has 2 aromatic rings. The van der Waals surface area contributed by atoms with E-state index in [2.05, 4.69) is 15.5 Å². The summed E-state index contributed by atoms with van der Waals surface area (Å²) in [4.78, 5) is 0. The second-order valence-electron chi connectivity index (χ2n) is 4.06. The summed E-state index contributed by atoms with van der Waals surface area (Å²) in [5.74, 6) is 0.290. The van der Waals surface area contributed by atoms with Crippen LogP contribution in [-0.2, 0) is 6.18 Å². The van der Waals surface area contributed by atoms with Gasteiger partial charge in [0.2, 0.25) is 0 Å². The summed E-state index contributed by atoms with van der Waals surface area (Å²) >= 11 is 5.87. The molecule has 0 saturated heterocycles. The molecule has 102 valence electrons. The minimum absolute atomic E-state index is 0.143. The summed E-state index contributed by atoms with van der Waals surface area (Å²) < 4.78 is 39.7. The van der Waals surface area contributed by atoms with Crippen molar-refractivity contribution in [2.24, 2.45) is 0 Å². The second-order valence-corrected chi connectivity index (χ2v) is 4.72. The van der Waals surface area contributed by atoms with Gasteiger partial charge in [-0.1, -0.05) is 6.07 Å². The Morgan fingerprint density at radius 2 is 2.00 bits per heavy atom. The third-order valence-electron chi connectivity index (χ3n) is 2.62. The highest BCUT2D eigenvalue weighted by Gasteiger charge is 2.33. The Hall–Kier alpha value is -1.63. The Labute approximate surface area is 112 Å². The van der Waals surface area contributed by atoms with Gasteiger partial charge in [0.15, 0.2) is 5.82 Å². The third kappa shape index (κ3) is 2.70. The predicted octanol–water partition coefficient (Wildman–Crippen LogP) is 3.29. The molecule has 4 nitrogen and oxygen atoms in total. The molecule has 1 heterocycles. The van der Waals surface area contributed by atoms with E-state index in [-0.39, 0.29) is 11.3 Å². The van der Waals surface area contributed by atoms with E-state index in [1.165, 1.54) is 23.7 Å². The molecule has 0 N–H and O–H groups in total. The van der Waals surface area contributed by atoms with Gasteiger partial charge in [-0.15, -0.1) is 16.7 Å². The fourth-order valence-corrected chi connectivity index (χ4v) is 1.81. The Kier molecular flexibility index (Phi) is 3.49. The first-order valence-corrected chi connectivity index (χ1v) is 5.85. The number of rotatable bonds is 2. The maximum atomic E-state index is 12.8. The van der Waals surface area contributed by atoms with Crippen molar-refractivity contribution in [1.82, 2.24) is 20.2 Å². The number of aromatic nitrogens is 4. The van der Waals surface area contributed by atoms with Gasteiger partial charge < -0.3 is 0 Å². The van der Waals surface area contributed by atoms with Gasteiger partial charge in [-0.2, -0.15) is 17.9 Å². The number of halogens is 4. The SMILES string of the molecule is Cc1ccc(-n2nnnc2C(C)Cl)cc1C(F)(F)F. The fraction of sp³-hybridized carbons (Fsp3) is 0.364. The summed E-state index contributed by atoms with van der Waals surface area (Å²) in [5.41, 5.74) is -0.344. The lowest BCUT2D eigenvalue weighted by Crippen LogP contribution is -2.10. The molecule has 1 aromatic heterocycles. The van der Waals surface area contributed by atoms with Crippen LogP contribution < -0.4 is 0 Å². The molecule has 0 amide bonds. The average Bonchev–Trinajstić information content (AvgIpc) is 2.77. The van der Waals surface area contributed by atoms with E-state index >= 15 is 0 Å². The van der Waals surface area contributed by atoms with Crippen LogP contribution in [0.5, 0.6) is 0 Å². The van der Waals surface area contributed by atoms with Gasteiger partial charge in [0.05, 0.1) is 16.6 Å². The van der Waals surface area contributed by atoms with Crippen LogP contribution in [0.25, 0.3) is 5.69 Å². The fourth-order valence-electron chi connectivity index (χ4n) is 1.67. The number of hydrogen-bond donors (Lipinski definition) is 0. The topological polar surface area (TPSA) is 43.6 Å². The summed E-state index contributed by atoms with van der Waals surface area (Å²) in [6.45, 7) is 3.04. The molecule has 0 aliphatic heterocycles. The van der Waals surface area contributed by atoms with E-state index in [0.717, 1.165) is 6.07 Å². The van der Waals surface area contributed by atoms with Crippen LogP contribution in [0.3, 0.4) is 0 Å². The quantitative estimate of drug-likeness (QED) is 0.797. The Morgan fingerprint density at radius 3 is 2.58 bits per heavy atom. The largest absolute Gasteiger partial charge is 0.416 e. The molecule has 0 aliphatic carbocycles. The normalized spacial score (nSPS) is 13.6. The number of hydrogen-bond acceptors (Lipinski definition) is 3. The van der Waals surface area contributed by atoms with Crippen LogP contribution in [-0.4, -0.2) is 20.2 Å². The zero-order valence-corrected chi connectivity index (χ0v) is 10.9. The Balaban J connectivity index is 2.55. The highest BCUT2D eigenvalue weighted by Crippen LogP contribution is 2.33. The van der Waals surface area contributed by atoms with Crippen molar-refractivity contribution in [3.05, 3.63) is 35.2 Å². The van der Waals surface area contributed by atoms with Crippen LogP contribution in [0.2, 0.25) is 0 Å². The van der Waals surface area contributed by atoms with Crippen molar-refractivity contribution in [2.75, 3.05) is 0 Å². The van der Waals surface area contributed by atoms with Gasteiger partial charge in [0.25, 0.3) is 0 Å². The van der Waals surface area contributed by atoms with E-state index in [4.69, 9.17) is 11.6 Å². The van der Waals surface area contributed by atoms with Gasteiger partial charge in [-0.3, -0.25) is 0 Å². The summed E-state index contributed by atoms with van der Waals surface area (Å²) in [7, 11) is 0. The first-order chi connectivity index (χ1) is 8.80. The monoisotopic (exact) mass is 290 g/mol. The first kappa shape index (κ1) is 13.8. The molecule has 1 aromatic carbocycles. The molecular weight excluding hydrogens is 281 g/mol. The van der Waals surface area contributed by atoms with Crippen LogP contribution in [0.4, 0.5) is 13.2 Å². The average molecular weight is 291 g/mol. The number of nitrogens with zero attached hydrogens (tertiary/aromatic N) is 4. The third-order valence-corrected chi connectivity index (χ3v) is 2.82. The van der Waals surface area contributed by atoms with Gasteiger partial charge in [-0.25, -0.2) is 0 Å². The highest BCUT2D eigenvalue weighted by molar-refractivity contribution is 6.20. The standard InChI is InChI=1S/C11H10ClF3N4/c1-6-3-4-8(5-9(6)11(13,14)15)19-10(7(2)12)16-17-18-19/h3-5,7H,1-2H3. The van der Waals surface area contributed by atoms with Crippen molar-refractivity contribution in [2.45, 2.75) is 25.4 Å². The molecule has 1 atom stereocenters. The maximum absolute atomic E-state index is 12.8. The summed E-state index contributed by atoms with van der Waals surface area (Å²) in [6, 6.07) is 3.90. The van der Waals surface area contributed by atoms with Crippen molar-refractivity contribution >= 4 is 11.6 Å². The molecule has 0 aliphatic rings. The molecule has 2 rings (SSSR count). The molecular formula is C11H10ClF3N4. The number of tetrazole rings is 1. The number of benzene rings is 1. The van der Waals surface area contributed by atoms with Crippen molar-refractivity contribution in [1.29, 1.82) is 0 Å². The zero-order chi connectivity index (χ0) is 14.2. The van der Waals surface area contributed by atoms with Crippen molar-refractivity contribution in [3.8, 4) is 5.69 Å². The Morgan fingerprint density at radius 1 is 1.32 bits per heavy atom. The maximum Gasteiger partial charge on any atom is 0.416 e. The molecule has 0 fully saturated rings. The second kappa shape index (κ2) is 4.80. The van der Waals surface area contributed by atoms with E-state index in [9.17, 15) is 13.2 Å². The van der Waals surface area contributed by atoms with E-state index < -0.39 is 17.1 Å². The number of aryl methyl sites for hydroxylation is 1. The van der Waals surface area contributed by atoms with Crippen LogP contribution in [0, 0.1) is 6.92 Å². The molecule has 19 heavy (non-hydrogen) atoms. The van der Waals surface area contributed by atoms with Gasteiger partial charge >= 0.3 is 6.18 Å². The minimum Gasteiger partial charge on any atom is -0.196 e. The van der Waals surface area contributed by atoms with Crippen LogP contribution in [0.1, 0.15) is 29.3 Å². The van der Waals surface area contributed by atoms with Crippen LogP contribution >= 0.6 is 11.6 Å². The Bertz CT molecular complexity index is 592. The predicted molar refractivity (Wildman–Crippen MR) is 63.2 cm³/mol. The van der Waals surface area contributed by atoms with E-state index in [1.54, 1.807) is 6.92 Å². The summed E-state index contributed by atoms with van der Waals surface area (Å²) in [6.07, 6.45) is -4.42. The lowest BCUT2D eigenvalue weighted by molar-refractivity contribution is -0.138. The molecule has 0 saturated carbocycles. The summed E-state index contributed by atoms with van der Waals surface area (Å²) in [5, 5.41) is 10.3. The zero-order valence-electron chi connectivity index (χ0n) is 10.1. The first-order valence-electron chi connectivity index (χ1n) is 5.41. The lowest BCUT2D eigenvalue weighted by Gasteiger charge is -2.12. The lowest BCUT2D eigenvalue weighted by atomic mass is 10.1. The highest BCUT2D eigenvalue weighted by atomic mass is 35.5.